The highest BCUT2D eigenvalue weighted by molar-refractivity contribution is 6.04. The highest BCUT2D eigenvalue weighted by atomic mass is 16.1. The zero-order chi connectivity index (χ0) is 23.8. The number of nitrogens with one attached hydrogen (secondary N) is 1. The van der Waals surface area contributed by atoms with Crippen LogP contribution < -0.4 is 15.8 Å². The maximum Gasteiger partial charge on any atom is 0.263 e. The van der Waals surface area contributed by atoms with Crippen LogP contribution in [0, 0.1) is 6.92 Å². The first-order valence-corrected chi connectivity index (χ1v) is 11.8. The fourth-order valence-electron chi connectivity index (χ4n) is 5.05. The van der Waals surface area contributed by atoms with E-state index in [4.69, 9.17) is 13.0 Å². The molecule has 1 aliphatic carbocycles. The van der Waals surface area contributed by atoms with Crippen LogP contribution in [0.15, 0.2) is 29.3 Å². The van der Waals surface area contributed by atoms with Gasteiger partial charge in [-0.2, -0.15) is 4.98 Å². The van der Waals surface area contributed by atoms with E-state index < -0.39 is 0 Å². The van der Waals surface area contributed by atoms with Crippen LogP contribution in [-0.4, -0.2) is 64.3 Å². The van der Waals surface area contributed by atoms with E-state index >= 15 is 0 Å². The molecule has 1 N–H and O–H groups in total. The minimum atomic E-state index is -0.255. The van der Waals surface area contributed by atoms with Crippen molar-refractivity contribution in [2.45, 2.75) is 45.6 Å². The van der Waals surface area contributed by atoms with Crippen LogP contribution in [0.25, 0.3) is 11.0 Å². The summed E-state index contributed by atoms with van der Waals surface area (Å²) in [6, 6.07) is 3.95. The minimum absolute atomic E-state index is 0.0443. The highest BCUT2D eigenvalue weighted by Gasteiger charge is 2.26. The lowest BCUT2D eigenvalue weighted by atomic mass is 10.0. The van der Waals surface area contributed by atoms with Crippen molar-refractivity contribution in [2.24, 2.45) is 0 Å². The van der Waals surface area contributed by atoms with Gasteiger partial charge in [-0.25, -0.2) is 9.97 Å². The molecule has 1 aliphatic heterocycles. The third-order valence-electron chi connectivity index (χ3n) is 6.92. The third kappa shape index (κ3) is 4.18. The summed E-state index contributed by atoms with van der Waals surface area (Å²) in [5.74, 6) is 0.758. The van der Waals surface area contributed by atoms with Crippen LogP contribution in [0.1, 0.15) is 54.6 Å². The van der Waals surface area contributed by atoms with E-state index in [9.17, 15) is 9.59 Å². The number of piperazine rings is 1. The average molecular weight is 457 g/mol. The summed E-state index contributed by atoms with van der Waals surface area (Å²) in [5.41, 5.74) is 2.22. The Bertz CT molecular complexity index is 1280. The smallest absolute Gasteiger partial charge is 0.263 e. The van der Waals surface area contributed by atoms with Gasteiger partial charge in [0.05, 0.1) is 17.4 Å². The van der Waals surface area contributed by atoms with Crippen molar-refractivity contribution >= 4 is 42.3 Å². The van der Waals surface area contributed by atoms with Crippen molar-refractivity contribution < 1.29 is 4.79 Å². The molecule has 2 radical (unpaired) electrons. The number of aryl methyl sites for hydroxylation is 1. The molecule has 5 rings (SSSR count). The topological polar surface area (TPSA) is 96.2 Å². The predicted octanol–water partition coefficient (Wildman–Crippen LogP) is 2.76. The highest BCUT2D eigenvalue weighted by Crippen LogP contribution is 2.32. The van der Waals surface area contributed by atoms with E-state index in [1.54, 1.807) is 17.7 Å². The molecule has 9 nitrogen and oxygen atoms in total. The first kappa shape index (κ1) is 22.5. The van der Waals surface area contributed by atoms with Crippen LogP contribution in [-0.2, 0) is 0 Å². The number of pyridine rings is 2. The van der Waals surface area contributed by atoms with Gasteiger partial charge in [-0.05, 0) is 44.4 Å². The van der Waals surface area contributed by atoms with Gasteiger partial charge >= 0.3 is 0 Å². The number of Topliss-reactive ketones (excluding diaryl/α,β-unsaturated/α-hetero) is 1. The molecule has 0 bridgehead atoms. The van der Waals surface area contributed by atoms with Gasteiger partial charge in [-0.3, -0.25) is 14.2 Å². The molecule has 3 aromatic rings. The normalized spacial score (nSPS) is 17.4. The van der Waals surface area contributed by atoms with Crippen molar-refractivity contribution in [1.82, 2.24) is 24.3 Å². The summed E-state index contributed by atoms with van der Waals surface area (Å²) in [6.45, 7) is 6.59. The maximum absolute atomic E-state index is 13.3. The van der Waals surface area contributed by atoms with E-state index in [-0.39, 0.29) is 22.9 Å². The van der Waals surface area contributed by atoms with Gasteiger partial charge in [-0.15, -0.1) is 0 Å². The number of hydrogen-bond donors (Lipinski definition) is 1. The van der Waals surface area contributed by atoms with E-state index in [0.717, 1.165) is 62.9 Å². The molecule has 2 fully saturated rings. The van der Waals surface area contributed by atoms with E-state index in [2.05, 4.69) is 20.2 Å². The Labute approximate surface area is 199 Å². The third-order valence-corrected chi connectivity index (χ3v) is 6.92. The van der Waals surface area contributed by atoms with Gasteiger partial charge in [-0.1, -0.05) is 12.8 Å². The maximum atomic E-state index is 13.3. The summed E-state index contributed by atoms with van der Waals surface area (Å²) in [5, 5.41) is 3.89. The van der Waals surface area contributed by atoms with Crippen molar-refractivity contribution in [2.75, 3.05) is 36.4 Å². The molecule has 34 heavy (non-hydrogen) atoms. The number of carbonyl (C=O) groups excluding carboxylic acids is 1. The Morgan fingerprint density at radius 1 is 1.09 bits per heavy atom. The fraction of sp³-hybridized carbons (Fsp3) is 0.458. The number of fused-ring (bicyclic) bond motifs is 1. The molecule has 2 aliphatic rings. The summed E-state index contributed by atoms with van der Waals surface area (Å²) in [6.07, 6.45) is 7.46. The van der Waals surface area contributed by atoms with Crippen LogP contribution in [0.3, 0.4) is 0 Å². The second-order valence-electron chi connectivity index (χ2n) is 9.15. The Hall–Kier alpha value is -3.27. The molecule has 4 heterocycles. The second kappa shape index (κ2) is 9.17. The summed E-state index contributed by atoms with van der Waals surface area (Å²) < 4.78 is 1.71. The molecule has 174 valence electrons. The monoisotopic (exact) mass is 457 g/mol. The molecule has 0 amide bonds. The van der Waals surface area contributed by atoms with E-state index in [0.29, 0.717) is 23.0 Å². The van der Waals surface area contributed by atoms with Gasteiger partial charge in [0.1, 0.15) is 11.5 Å². The molecule has 1 saturated heterocycles. The summed E-state index contributed by atoms with van der Waals surface area (Å²) in [7, 11) is 5.85. The molecular weight excluding hydrogens is 429 g/mol. The molecule has 0 aromatic carbocycles. The molecule has 1 saturated carbocycles. The number of ketones is 1. The van der Waals surface area contributed by atoms with E-state index in [1.807, 2.05) is 23.1 Å². The molecule has 0 atom stereocenters. The Balaban J connectivity index is 1.48. The van der Waals surface area contributed by atoms with Crippen molar-refractivity contribution in [3.8, 4) is 0 Å². The zero-order valence-electron chi connectivity index (χ0n) is 19.6. The molecule has 3 aromatic heterocycles. The Morgan fingerprint density at radius 2 is 1.82 bits per heavy atom. The van der Waals surface area contributed by atoms with Crippen LogP contribution in [0.2, 0.25) is 0 Å². The quantitative estimate of drug-likeness (QED) is 0.462. The summed E-state index contributed by atoms with van der Waals surface area (Å²) >= 11 is 0. The number of rotatable bonds is 5. The van der Waals surface area contributed by atoms with Crippen molar-refractivity contribution in [1.29, 1.82) is 0 Å². The van der Waals surface area contributed by atoms with Gasteiger partial charge in [0.25, 0.3) is 5.56 Å². The Morgan fingerprint density at radius 3 is 2.47 bits per heavy atom. The number of aromatic nitrogens is 4. The number of nitrogens with zero attached hydrogens (tertiary/aromatic N) is 6. The molecule has 0 unspecified atom stereocenters. The van der Waals surface area contributed by atoms with E-state index in [1.165, 1.54) is 6.92 Å². The minimum Gasteiger partial charge on any atom is -0.368 e. The predicted molar refractivity (Wildman–Crippen MR) is 133 cm³/mol. The standard InChI is InChI=1S/C24H28BN7O2/c1-15-19-14-27-24(28-20-8-7-18(13-26-20)30-9-11-31(25)12-10-30)29-22(19)32(17-5-3-4-6-17)23(34)21(15)16(2)33/h7-8,13-14,17H,3-6,9-12H2,1-2H3,(H,26,27,28,29). The average Bonchev–Trinajstić information content (AvgIpc) is 3.34. The van der Waals surface area contributed by atoms with Gasteiger partial charge < -0.3 is 15.0 Å². The lowest BCUT2D eigenvalue weighted by molar-refractivity contribution is 0.101. The van der Waals surface area contributed by atoms with Crippen LogP contribution >= 0.6 is 0 Å². The van der Waals surface area contributed by atoms with Crippen LogP contribution in [0.4, 0.5) is 17.5 Å². The number of carbonyl (C=O) groups is 1. The first-order chi connectivity index (χ1) is 16.4. The van der Waals surface area contributed by atoms with Crippen molar-refractivity contribution in [3.63, 3.8) is 0 Å². The molecular formula is C24H28BN7O2. The summed E-state index contributed by atoms with van der Waals surface area (Å²) in [4.78, 5) is 43.4. The van der Waals surface area contributed by atoms with Gasteiger partial charge in [0, 0.05) is 43.8 Å². The lowest BCUT2D eigenvalue weighted by Crippen LogP contribution is -2.45. The molecule has 0 spiro atoms. The van der Waals surface area contributed by atoms with Crippen molar-refractivity contribution in [3.05, 3.63) is 46.0 Å². The SMILES string of the molecule is [B]N1CCN(c2ccc(Nc3ncc4c(C)c(C(C)=O)c(=O)n(C5CCCC5)c4n3)nc2)CC1. The Kier molecular flexibility index (Phi) is 6.08. The largest absolute Gasteiger partial charge is 0.368 e. The zero-order valence-corrected chi connectivity index (χ0v) is 19.6. The first-order valence-electron chi connectivity index (χ1n) is 11.8. The second-order valence-corrected chi connectivity index (χ2v) is 9.15. The molecule has 10 heteroatoms. The lowest BCUT2D eigenvalue weighted by Gasteiger charge is -2.34. The fourth-order valence-corrected chi connectivity index (χ4v) is 5.05. The van der Waals surface area contributed by atoms with Gasteiger partial charge in [0.15, 0.2) is 13.8 Å². The number of anilines is 3. The van der Waals surface area contributed by atoms with Gasteiger partial charge in [0.2, 0.25) is 5.95 Å². The van der Waals surface area contributed by atoms with Crippen LogP contribution in [0.5, 0.6) is 0 Å². The number of hydrogen-bond acceptors (Lipinski definition) is 8.